The number of nitrogens with zero attached hydrogens (tertiary/aromatic N) is 2. The van der Waals surface area contributed by atoms with Crippen LogP contribution in [0.15, 0.2) is 52.7 Å². The van der Waals surface area contributed by atoms with Crippen LogP contribution in [0.1, 0.15) is 24.5 Å². The van der Waals surface area contributed by atoms with Crippen LogP contribution in [0, 0.1) is 0 Å². The smallest absolute Gasteiger partial charge is 0.205 e. The zero-order valence-electron chi connectivity index (χ0n) is 16.9. The van der Waals surface area contributed by atoms with Gasteiger partial charge in [-0.1, -0.05) is 23.4 Å². The maximum absolute atomic E-state index is 5.89. The topological polar surface area (TPSA) is 73.7 Å². The molecule has 1 heterocycles. The summed E-state index contributed by atoms with van der Waals surface area (Å²) in [6.45, 7) is 1.93. The zero-order valence-corrected chi connectivity index (χ0v) is 16.9. The summed E-state index contributed by atoms with van der Waals surface area (Å²) in [5.74, 6) is 1.78. The van der Waals surface area contributed by atoms with Gasteiger partial charge in [0.05, 0.1) is 38.3 Å². The van der Waals surface area contributed by atoms with Crippen LogP contribution in [0.2, 0.25) is 0 Å². The molecule has 2 aliphatic rings. The molecule has 1 spiro atoms. The molecule has 0 aromatic heterocycles. The van der Waals surface area contributed by atoms with Crippen molar-refractivity contribution >= 4 is 23.2 Å². The van der Waals surface area contributed by atoms with E-state index in [4.69, 9.17) is 24.1 Å². The van der Waals surface area contributed by atoms with Crippen molar-refractivity contribution < 1.29 is 19.0 Å². The first-order valence-corrected chi connectivity index (χ1v) is 9.25. The third-order valence-corrected chi connectivity index (χ3v) is 5.00. The second kappa shape index (κ2) is 7.50. The van der Waals surface area contributed by atoms with Crippen LogP contribution in [-0.2, 0) is 4.84 Å². The quantitative estimate of drug-likeness (QED) is 0.775. The van der Waals surface area contributed by atoms with E-state index in [0.29, 0.717) is 29.4 Å². The van der Waals surface area contributed by atoms with Gasteiger partial charge >= 0.3 is 0 Å². The summed E-state index contributed by atoms with van der Waals surface area (Å²) in [6.07, 6.45) is 4.52. The highest BCUT2D eigenvalue weighted by atomic mass is 16.7. The second-order valence-corrected chi connectivity index (χ2v) is 6.86. The highest BCUT2D eigenvalue weighted by molar-refractivity contribution is 6.17. The third-order valence-electron chi connectivity index (χ3n) is 5.00. The summed E-state index contributed by atoms with van der Waals surface area (Å²) in [5.41, 5.74) is 6.29. The Bertz CT molecular complexity index is 1010. The highest BCUT2D eigenvalue weighted by Crippen LogP contribution is 2.47. The van der Waals surface area contributed by atoms with Crippen molar-refractivity contribution in [3.05, 3.63) is 53.6 Å². The van der Waals surface area contributed by atoms with Gasteiger partial charge in [0.25, 0.3) is 0 Å². The predicted octanol–water partition coefficient (Wildman–Crippen LogP) is 4.09. The number of nitrogens with one attached hydrogen (secondary N) is 1. The lowest BCUT2D eigenvalue weighted by Gasteiger charge is -2.31. The van der Waals surface area contributed by atoms with Crippen LogP contribution in [0.5, 0.6) is 17.2 Å². The summed E-state index contributed by atoms with van der Waals surface area (Å²) >= 11 is 0. The molecule has 29 heavy (non-hydrogen) atoms. The number of para-hydroxylation sites is 1. The van der Waals surface area contributed by atoms with Crippen LogP contribution in [0.4, 0.5) is 5.69 Å². The predicted molar refractivity (Wildman–Crippen MR) is 113 cm³/mol. The van der Waals surface area contributed by atoms with Gasteiger partial charge in [0.2, 0.25) is 5.60 Å². The Labute approximate surface area is 169 Å². The lowest BCUT2D eigenvalue weighted by atomic mass is 9.80. The second-order valence-electron chi connectivity index (χ2n) is 6.86. The van der Waals surface area contributed by atoms with Crippen molar-refractivity contribution in [1.29, 1.82) is 0 Å². The lowest BCUT2D eigenvalue weighted by molar-refractivity contribution is 0.0751. The van der Waals surface area contributed by atoms with Crippen molar-refractivity contribution in [2.75, 3.05) is 26.8 Å². The largest absolute Gasteiger partial charge is 0.496 e. The molecule has 0 radical (unpaired) electrons. The normalized spacial score (nSPS) is 20.8. The minimum Gasteiger partial charge on any atom is -0.496 e. The highest BCUT2D eigenvalue weighted by Gasteiger charge is 2.47. The molecule has 2 aromatic carbocycles. The number of benzene rings is 2. The molecular weight excluding hydrogens is 370 g/mol. The van der Waals surface area contributed by atoms with E-state index >= 15 is 0 Å². The van der Waals surface area contributed by atoms with E-state index in [2.05, 4.69) is 10.6 Å². The van der Waals surface area contributed by atoms with Gasteiger partial charge in [-0.05, 0) is 31.2 Å². The average Bonchev–Trinajstić information content (AvgIpc) is 3.13. The monoisotopic (exact) mass is 393 g/mol. The number of ether oxygens (including phenoxy) is 3. The zero-order chi connectivity index (χ0) is 20.4. The molecule has 1 aliphatic heterocycles. The molecule has 150 valence electrons. The Hall–Kier alpha value is -3.48. The van der Waals surface area contributed by atoms with Crippen LogP contribution >= 0.6 is 0 Å². The molecule has 0 fully saturated rings. The standard InChI is InChI=1S/C22H23N3O4/c1-14-13-22(29-25-14)11-10-16-17(26-2)12-18(27-3)20(28-4)19(16)21(22)24-23-15-8-6-5-7-9-15/h5-12,23H,13H2,1-4H3/b24-21-. The van der Waals surface area contributed by atoms with Gasteiger partial charge in [-0.2, -0.15) is 5.10 Å². The van der Waals surface area contributed by atoms with Crippen molar-refractivity contribution in [3.63, 3.8) is 0 Å². The van der Waals surface area contributed by atoms with E-state index in [1.807, 2.05) is 49.4 Å². The Morgan fingerprint density at radius 2 is 1.83 bits per heavy atom. The fourth-order valence-corrected chi connectivity index (χ4v) is 3.67. The number of anilines is 1. The number of methoxy groups -OCH3 is 3. The van der Waals surface area contributed by atoms with Gasteiger partial charge in [-0.25, -0.2) is 0 Å². The first-order valence-electron chi connectivity index (χ1n) is 9.25. The number of hydrazone groups is 1. The van der Waals surface area contributed by atoms with Crippen molar-refractivity contribution in [2.24, 2.45) is 10.3 Å². The maximum Gasteiger partial charge on any atom is 0.205 e. The summed E-state index contributed by atoms with van der Waals surface area (Å²) in [5, 5.41) is 8.94. The van der Waals surface area contributed by atoms with Crippen LogP contribution in [0.3, 0.4) is 0 Å². The molecule has 1 N–H and O–H groups in total. The molecule has 0 saturated heterocycles. The van der Waals surface area contributed by atoms with Crippen LogP contribution < -0.4 is 19.6 Å². The Kier molecular flexibility index (Phi) is 4.88. The van der Waals surface area contributed by atoms with E-state index < -0.39 is 5.60 Å². The Balaban J connectivity index is 1.93. The van der Waals surface area contributed by atoms with Gasteiger partial charge in [0.15, 0.2) is 11.5 Å². The Morgan fingerprint density at radius 1 is 1.07 bits per heavy atom. The molecule has 4 rings (SSSR count). The van der Waals surface area contributed by atoms with Gasteiger partial charge in [0, 0.05) is 18.1 Å². The van der Waals surface area contributed by atoms with Crippen LogP contribution in [-0.4, -0.2) is 38.4 Å². The average molecular weight is 393 g/mol. The number of hydrogen-bond acceptors (Lipinski definition) is 7. The number of oxime groups is 1. The molecule has 7 heteroatoms. The number of fused-ring (bicyclic) bond motifs is 1. The van der Waals surface area contributed by atoms with Crippen molar-refractivity contribution in [1.82, 2.24) is 0 Å². The molecular formula is C22H23N3O4. The molecule has 1 aliphatic carbocycles. The lowest BCUT2D eigenvalue weighted by Crippen LogP contribution is -2.40. The minimum atomic E-state index is -0.830. The minimum absolute atomic E-state index is 0.552. The van der Waals surface area contributed by atoms with E-state index in [-0.39, 0.29) is 0 Å². The van der Waals surface area contributed by atoms with E-state index in [1.54, 1.807) is 27.4 Å². The molecule has 1 unspecified atom stereocenters. The number of hydrogen-bond donors (Lipinski definition) is 1. The summed E-state index contributed by atoms with van der Waals surface area (Å²) in [7, 11) is 4.82. The van der Waals surface area contributed by atoms with E-state index in [1.165, 1.54) is 0 Å². The molecule has 0 bridgehead atoms. The summed E-state index contributed by atoms with van der Waals surface area (Å²) < 4.78 is 16.9. The van der Waals surface area contributed by atoms with E-state index in [9.17, 15) is 0 Å². The molecule has 7 nitrogen and oxygen atoms in total. The van der Waals surface area contributed by atoms with Gasteiger partial charge in [0.1, 0.15) is 11.5 Å². The van der Waals surface area contributed by atoms with Crippen LogP contribution in [0.25, 0.3) is 6.08 Å². The van der Waals surface area contributed by atoms with Crippen molar-refractivity contribution in [3.8, 4) is 17.2 Å². The molecule has 1 atom stereocenters. The molecule has 0 saturated carbocycles. The van der Waals surface area contributed by atoms with Crippen molar-refractivity contribution in [2.45, 2.75) is 18.9 Å². The maximum atomic E-state index is 5.89. The first-order chi connectivity index (χ1) is 14.1. The van der Waals surface area contributed by atoms with Gasteiger partial charge in [-0.3, -0.25) is 5.43 Å². The fraction of sp³-hybridized carbons (Fsp3) is 0.273. The van der Waals surface area contributed by atoms with Gasteiger partial charge < -0.3 is 19.0 Å². The summed E-state index contributed by atoms with van der Waals surface area (Å²) in [4.78, 5) is 5.89. The SMILES string of the molecule is COc1cc(OC)c(OC)c2c1C=CC1(CC(C)=NO1)/C2=N\Nc1ccccc1. The Morgan fingerprint density at radius 3 is 2.45 bits per heavy atom. The third kappa shape index (κ3) is 3.18. The summed E-state index contributed by atoms with van der Waals surface area (Å²) in [6, 6.07) is 11.5. The molecule has 2 aromatic rings. The first kappa shape index (κ1) is 18.9. The fourth-order valence-electron chi connectivity index (χ4n) is 3.67. The molecule has 0 amide bonds. The number of rotatable bonds is 5. The van der Waals surface area contributed by atoms with E-state index in [0.717, 1.165) is 22.5 Å². The van der Waals surface area contributed by atoms with Gasteiger partial charge in [-0.15, -0.1) is 0 Å².